The zero-order chi connectivity index (χ0) is 13.1. The fourth-order valence-electron chi connectivity index (χ4n) is 1.58. The third-order valence-corrected chi connectivity index (χ3v) is 3.67. The molecule has 17 heavy (non-hydrogen) atoms. The van der Waals surface area contributed by atoms with E-state index >= 15 is 0 Å². The van der Waals surface area contributed by atoms with Crippen molar-refractivity contribution in [2.45, 2.75) is 45.0 Å². The fraction of sp³-hybridized carbons (Fsp3) is 0.833. The van der Waals surface area contributed by atoms with E-state index in [1.165, 1.54) is 11.8 Å². The molecule has 4 nitrogen and oxygen atoms in total. The van der Waals surface area contributed by atoms with Crippen LogP contribution in [-0.2, 0) is 19.1 Å². The predicted octanol–water partition coefficient (Wildman–Crippen LogP) is 2.01. The van der Waals surface area contributed by atoms with Gasteiger partial charge in [-0.15, -0.1) is 11.8 Å². The van der Waals surface area contributed by atoms with Crippen molar-refractivity contribution in [2.24, 2.45) is 5.92 Å². The number of hydrogen-bond donors (Lipinski definition) is 0. The summed E-state index contributed by atoms with van der Waals surface area (Å²) in [5.74, 6) is 0.0206. The lowest BCUT2D eigenvalue weighted by atomic mass is 10.1. The van der Waals surface area contributed by atoms with Crippen molar-refractivity contribution in [3.05, 3.63) is 0 Å². The van der Waals surface area contributed by atoms with Gasteiger partial charge in [-0.05, 0) is 34.1 Å². The number of ether oxygens (including phenoxy) is 2. The summed E-state index contributed by atoms with van der Waals surface area (Å²) in [6.07, 6.45) is 0.526. The molecule has 1 fully saturated rings. The summed E-state index contributed by atoms with van der Waals surface area (Å²) in [5.41, 5.74) is -0.468. The SMILES string of the molecule is CCOC(=O)C1CC(C(=O)OC(C)(C)C)CS1. The Morgan fingerprint density at radius 2 is 1.94 bits per heavy atom. The molecule has 0 aromatic rings. The number of carbonyl (C=O) groups excluding carboxylic acids is 2. The first-order chi connectivity index (χ1) is 7.83. The van der Waals surface area contributed by atoms with Crippen LogP contribution in [0.3, 0.4) is 0 Å². The minimum Gasteiger partial charge on any atom is -0.465 e. The molecule has 0 aliphatic carbocycles. The van der Waals surface area contributed by atoms with E-state index in [9.17, 15) is 9.59 Å². The van der Waals surface area contributed by atoms with E-state index in [2.05, 4.69) is 0 Å². The van der Waals surface area contributed by atoms with Gasteiger partial charge in [-0.1, -0.05) is 0 Å². The maximum absolute atomic E-state index is 11.8. The van der Waals surface area contributed by atoms with Crippen LogP contribution in [0.1, 0.15) is 34.1 Å². The smallest absolute Gasteiger partial charge is 0.319 e. The van der Waals surface area contributed by atoms with Gasteiger partial charge in [-0.25, -0.2) is 0 Å². The maximum Gasteiger partial charge on any atom is 0.319 e. The molecule has 0 aromatic carbocycles. The van der Waals surface area contributed by atoms with Crippen molar-refractivity contribution < 1.29 is 19.1 Å². The van der Waals surface area contributed by atoms with Gasteiger partial charge >= 0.3 is 11.9 Å². The molecule has 1 aliphatic rings. The Morgan fingerprint density at radius 3 is 2.47 bits per heavy atom. The third-order valence-electron chi connectivity index (χ3n) is 2.29. The Labute approximate surface area is 106 Å². The second kappa shape index (κ2) is 5.76. The van der Waals surface area contributed by atoms with Crippen molar-refractivity contribution in [1.82, 2.24) is 0 Å². The van der Waals surface area contributed by atoms with Crippen molar-refractivity contribution in [3.8, 4) is 0 Å². The minimum atomic E-state index is -0.468. The van der Waals surface area contributed by atoms with Crippen molar-refractivity contribution in [1.29, 1.82) is 0 Å². The van der Waals surface area contributed by atoms with Crippen LogP contribution in [0, 0.1) is 5.92 Å². The highest BCUT2D eigenvalue weighted by Crippen LogP contribution is 2.33. The van der Waals surface area contributed by atoms with Gasteiger partial charge < -0.3 is 9.47 Å². The standard InChI is InChI=1S/C12H20O4S/c1-5-15-11(14)9-6-8(7-17-9)10(13)16-12(2,3)4/h8-9H,5-7H2,1-4H3. The second-order valence-electron chi connectivity index (χ2n) is 5.04. The molecule has 0 saturated carbocycles. The largest absolute Gasteiger partial charge is 0.465 e. The topological polar surface area (TPSA) is 52.6 Å². The predicted molar refractivity (Wildman–Crippen MR) is 66.8 cm³/mol. The van der Waals surface area contributed by atoms with Crippen molar-refractivity contribution >= 4 is 23.7 Å². The van der Waals surface area contributed by atoms with E-state index in [1.807, 2.05) is 20.8 Å². The normalized spacial score (nSPS) is 24.5. The average Bonchev–Trinajstić information content (AvgIpc) is 2.63. The zero-order valence-corrected chi connectivity index (χ0v) is 11.6. The highest BCUT2D eigenvalue weighted by Gasteiger charge is 2.37. The molecule has 0 N–H and O–H groups in total. The minimum absolute atomic E-state index is 0.186. The van der Waals surface area contributed by atoms with Crippen LogP contribution in [0.15, 0.2) is 0 Å². The highest BCUT2D eigenvalue weighted by molar-refractivity contribution is 8.00. The van der Waals surface area contributed by atoms with Gasteiger partial charge in [0.25, 0.3) is 0 Å². The molecule has 0 bridgehead atoms. The Bertz CT molecular complexity index is 295. The van der Waals surface area contributed by atoms with Gasteiger partial charge in [-0.2, -0.15) is 0 Å². The first-order valence-electron chi connectivity index (χ1n) is 5.84. The molecule has 1 aliphatic heterocycles. The molecule has 0 amide bonds. The number of thioether (sulfide) groups is 1. The molecule has 2 atom stereocenters. The average molecular weight is 260 g/mol. The highest BCUT2D eigenvalue weighted by atomic mass is 32.2. The molecular formula is C12H20O4S. The van der Waals surface area contributed by atoms with Crippen LogP contribution in [0.25, 0.3) is 0 Å². The second-order valence-corrected chi connectivity index (χ2v) is 6.28. The van der Waals surface area contributed by atoms with E-state index in [4.69, 9.17) is 9.47 Å². The van der Waals surface area contributed by atoms with Crippen molar-refractivity contribution in [2.75, 3.05) is 12.4 Å². The van der Waals surface area contributed by atoms with Gasteiger partial charge in [0.2, 0.25) is 0 Å². The van der Waals surface area contributed by atoms with Gasteiger partial charge in [0.15, 0.2) is 0 Å². The van der Waals surface area contributed by atoms with E-state index in [1.54, 1.807) is 6.92 Å². The van der Waals surface area contributed by atoms with Crippen LogP contribution in [0.2, 0.25) is 0 Å². The molecule has 0 spiro atoms. The van der Waals surface area contributed by atoms with E-state index in [-0.39, 0.29) is 23.1 Å². The van der Waals surface area contributed by atoms with Gasteiger partial charge in [0, 0.05) is 5.75 Å². The summed E-state index contributed by atoms with van der Waals surface area (Å²) >= 11 is 1.48. The van der Waals surface area contributed by atoms with Gasteiger partial charge in [0.05, 0.1) is 12.5 Å². The number of carbonyl (C=O) groups is 2. The van der Waals surface area contributed by atoms with E-state index < -0.39 is 5.60 Å². The van der Waals surface area contributed by atoms with E-state index in [0.717, 1.165) is 0 Å². The third kappa shape index (κ3) is 4.58. The van der Waals surface area contributed by atoms with Crippen LogP contribution in [0.4, 0.5) is 0 Å². The summed E-state index contributed by atoms with van der Waals surface area (Å²) in [6, 6.07) is 0. The fourth-order valence-corrected chi connectivity index (χ4v) is 2.88. The lowest BCUT2D eigenvalue weighted by molar-refractivity contribution is -0.159. The van der Waals surface area contributed by atoms with Crippen molar-refractivity contribution in [3.63, 3.8) is 0 Å². The Hall–Kier alpha value is -0.710. The molecule has 98 valence electrons. The molecule has 0 aromatic heterocycles. The molecule has 1 heterocycles. The van der Waals surface area contributed by atoms with E-state index in [0.29, 0.717) is 18.8 Å². The Morgan fingerprint density at radius 1 is 1.29 bits per heavy atom. The first kappa shape index (κ1) is 14.4. The number of hydrogen-bond acceptors (Lipinski definition) is 5. The Balaban J connectivity index is 2.45. The summed E-state index contributed by atoms with van der Waals surface area (Å²) in [4.78, 5) is 23.3. The van der Waals surface area contributed by atoms with Crippen LogP contribution < -0.4 is 0 Å². The van der Waals surface area contributed by atoms with Crippen LogP contribution >= 0.6 is 11.8 Å². The zero-order valence-electron chi connectivity index (χ0n) is 10.8. The van der Waals surface area contributed by atoms with Crippen LogP contribution in [-0.4, -0.2) is 35.1 Å². The first-order valence-corrected chi connectivity index (χ1v) is 6.89. The molecule has 1 saturated heterocycles. The molecule has 1 rings (SSSR count). The summed E-state index contributed by atoms with van der Waals surface area (Å²) < 4.78 is 10.2. The number of esters is 2. The lowest BCUT2D eigenvalue weighted by Gasteiger charge is -2.21. The summed E-state index contributed by atoms with van der Waals surface area (Å²) in [5, 5.41) is -0.215. The molecule has 5 heteroatoms. The monoisotopic (exact) mass is 260 g/mol. The van der Waals surface area contributed by atoms with Gasteiger partial charge in [0.1, 0.15) is 10.9 Å². The number of rotatable bonds is 3. The van der Waals surface area contributed by atoms with Gasteiger partial charge in [-0.3, -0.25) is 9.59 Å². The maximum atomic E-state index is 11.8. The molecule has 2 unspecified atom stereocenters. The van der Waals surface area contributed by atoms with Crippen LogP contribution in [0.5, 0.6) is 0 Å². The molecule has 0 radical (unpaired) electrons. The quantitative estimate of drug-likeness (QED) is 0.727. The Kier molecular flexibility index (Phi) is 4.86. The summed E-state index contributed by atoms with van der Waals surface area (Å²) in [7, 11) is 0. The lowest BCUT2D eigenvalue weighted by Crippen LogP contribution is -2.29. The molecular weight excluding hydrogens is 240 g/mol. The summed E-state index contributed by atoms with van der Waals surface area (Å²) in [6.45, 7) is 7.69.